The molecule has 0 radical (unpaired) electrons. The number of rotatable bonds is 4. The largest absolute Gasteiger partial charge is 0.454 e. The minimum Gasteiger partial charge on any atom is -0.454 e. The van der Waals surface area contributed by atoms with Crippen LogP contribution in [-0.2, 0) is 14.3 Å². The maximum atomic E-state index is 12.2. The number of imide groups is 1. The highest BCUT2D eigenvalue weighted by Gasteiger charge is 2.36. The lowest BCUT2D eigenvalue weighted by Gasteiger charge is -2.34. The molecule has 0 saturated carbocycles. The van der Waals surface area contributed by atoms with Crippen molar-refractivity contribution in [3.05, 3.63) is 35.4 Å². The van der Waals surface area contributed by atoms with Gasteiger partial charge in [-0.05, 0) is 30.4 Å². The molecule has 0 aliphatic carbocycles. The van der Waals surface area contributed by atoms with E-state index in [9.17, 15) is 19.2 Å². The molecule has 2 heterocycles. The quantitative estimate of drug-likeness (QED) is 0.599. The molecule has 2 aliphatic rings. The topological polar surface area (TPSA) is 84.0 Å². The molecule has 2 atom stereocenters. The molecule has 1 aromatic rings. The van der Waals surface area contributed by atoms with Gasteiger partial charge in [0.1, 0.15) is 6.54 Å². The van der Waals surface area contributed by atoms with Gasteiger partial charge in [-0.15, -0.1) is 0 Å². The van der Waals surface area contributed by atoms with E-state index in [0.29, 0.717) is 24.9 Å². The third-order valence-corrected chi connectivity index (χ3v) is 4.74. The summed E-state index contributed by atoms with van der Waals surface area (Å²) in [6, 6.07) is 6.41. The van der Waals surface area contributed by atoms with Crippen LogP contribution in [-0.4, -0.2) is 59.7 Å². The Balaban J connectivity index is 1.53. The zero-order valence-electron chi connectivity index (χ0n) is 14.9. The molecule has 138 valence electrons. The van der Waals surface area contributed by atoms with Gasteiger partial charge in [0.15, 0.2) is 6.61 Å². The van der Waals surface area contributed by atoms with Crippen molar-refractivity contribution in [2.24, 2.45) is 11.8 Å². The number of nitrogens with zero attached hydrogens (tertiary/aromatic N) is 2. The number of benzene rings is 1. The van der Waals surface area contributed by atoms with Crippen LogP contribution in [0.5, 0.6) is 0 Å². The number of carbonyl (C=O) groups is 4. The second-order valence-electron chi connectivity index (χ2n) is 7.15. The summed E-state index contributed by atoms with van der Waals surface area (Å²) in [7, 11) is 0. The van der Waals surface area contributed by atoms with Gasteiger partial charge < -0.3 is 9.64 Å². The fourth-order valence-corrected chi connectivity index (χ4v) is 3.66. The Morgan fingerprint density at radius 2 is 1.58 bits per heavy atom. The summed E-state index contributed by atoms with van der Waals surface area (Å²) in [5, 5.41) is 0. The second-order valence-corrected chi connectivity index (χ2v) is 7.15. The summed E-state index contributed by atoms with van der Waals surface area (Å²) in [6.45, 7) is 4.61. The fraction of sp³-hybridized carbons (Fsp3) is 0.474. The summed E-state index contributed by atoms with van der Waals surface area (Å²) < 4.78 is 5.01. The van der Waals surface area contributed by atoms with Gasteiger partial charge in [-0.1, -0.05) is 26.0 Å². The summed E-state index contributed by atoms with van der Waals surface area (Å²) in [5.41, 5.74) is 0.551. The van der Waals surface area contributed by atoms with E-state index in [-0.39, 0.29) is 23.6 Å². The Labute approximate surface area is 151 Å². The van der Waals surface area contributed by atoms with Crippen LogP contribution >= 0.6 is 0 Å². The molecule has 2 aliphatic heterocycles. The first-order valence-corrected chi connectivity index (χ1v) is 8.75. The van der Waals surface area contributed by atoms with Crippen LogP contribution in [0.25, 0.3) is 0 Å². The van der Waals surface area contributed by atoms with Crippen LogP contribution in [0.2, 0.25) is 0 Å². The molecule has 0 spiro atoms. The normalized spacial score (nSPS) is 22.4. The van der Waals surface area contributed by atoms with E-state index in [0.717, 1.165) is 11.3 Å². The van der Waals surface area contributed by atoms with Crippen LogP contribution in [0.3, 0.4) is 0 Å². The first kappa shape index (κ1) is 18.1. The van der Waals surface area contributed by atoms with Crippen molar-refractivity contribution in [3.63, 3.8) is 0 Å². The molecule has 1 fully saturated rings. The second kappa shape index (κ2) is 7.27. The zero-order valence-corrected chi connectivity index (χ0v) is 14.9. The lowest BCUT2D eigenvalue weighted by Crippen LogP contribution is -2.45. The number of ether oxygens (including phenoxy) is 1. The van der Waals surface area contributed by atoms with Gasteiger partial charge in [-0.25, -0.2) is 0 Å². The Morgan fingerprint density at radius 1 is 1.04 bits per heavy atom. The third-order valence-electron chi connectivity index (χ3n) is 4.74. The SMILES string of the molecule is C[C@@H]1C[C@H](C)CN(C(=O)COC(=O)CN2C(=O)c3ccccc3C2=O)C1. The maximum absolute atomic E-state index is 12.2. The van der Waals surface area contributed by atoms with Crippen LogP contribution in [0.15, 0.2) is 24.3 Å². The van der Waals surface area contributed by atoms with E-state index in [1.165, 1.54) is 0 Å². The van der Waals surface area contributed by atoms with Crippen molar-refractivity contribution in [1.29, 1.82) is 0 Å². The predicted octanol–water partition coefficient (Wildman–Crippen LogP) is 1.33. The first-order chi connectivity index (χ1) is 12.4. The number of amides is 3. The average Bonchev–Trinajstić information content (AvgIpc) is 2.84. The molecule has 3 rings (SSSR count). The molecule has 1 aromatic carbocycles. The highest BCUT2D eigenvalue weighted by molar-refractivity contribution is 6.22. The van der Waals surface area contributed by atoms with Crippen molar-refractivity contribution in [2.45, 2.75) is 20.3 Å². The molecule has 0 unspecified atom stereocenters. The molecular formula is C19H22N2O5. The van der Waals surface area contributed by atoms with Crippen molar-refractivity contribution in [2.75, 3.05) is 26.2 Å². The van der Waals surface area contributed by atoms with Crippen LogP contribution in [0, 0.1) is 11.8 Å². The Bertz CT molecular complexity index is 715. The van der Waals surface area contributed by atoms with E-state index in [1.807, 2.05) is 0 Å². The highest BCUT2D eigenvalue weighted by atomic mass is 16.5. The van der Waals surface area contributed by atoms with Gasteiger partial charge in [-0.2, -0.15) is 0 Å². The summed E-state index contributed by atoms with van der Waals surface area (Å²) in [6.07, 6.45) is 1.07. The lowest BCUT2D eigenvalue weighted by molar-refractivity contribution is -0.153. The van der Waals surface area contributed by atoms with Crippen molar-refractivity contribution in [3.8, 4) is 0 Å². The van der Waals surface area contributed by atoms with E-state index in [4.69, 9.17) is 4.74 Å². The number of hydrogen-bond donors (Lipinski definition) is 0. The zero-order chi connectivity index (χ0) is 18.8. The number of fused-ring (bicyclic) bond motifs is 1. The van der Waals surface area contributed by atoms with E-state index >= 15 is 0 Å². The number of piperidine rings is 1. The molecule has 7 heteroatoms. The summed E-state index contributed by atoms with van der Waals surface area (Å²) in [4.78, 5) is 51.3. The number of carbonyl (C=O) groups excluding carboxylic acids is 4. The number of hydrogen-bond acceptors (Lipinski definition) is 5. The molecule has 0 bridgehead atoms. The summed E-state index contributed by atoms with van der Waals surface area (Å²) in [5.74, 6) is -1.24. The van der Waals surface area contributed by atoms with Gasteiger partial charge in [0, 0.05) is 13.1 Å². The van der Waals surface area contributed by atoms with Gasteiger partial charge in [0.25, 0.3) is 17.7 Å². The van der Waals surface area contributed by atoms with Crippen molar-refractivity contribution < 1.29 is 23.9 Å². The van der Waals surface area contributed by atoms with E-state index in [2.05, 4.69) is 13.8 Å². The highest BCUT2D eigenvalue weighted by Crippen LogP contribution is 2.22. The standard InChI is InChI=1S/C19H22N2O5/c1-12-7-13(2)9-20(8-12)16(22)11-26-17(23)10-21-18(24)14-5-3-4-6-15(14)19(21)25/h3-6,12-13H,7-11H2,1-2H3/t12-,13+. The Hall–Kier alpha value is -2.70. The smallest absolute Gasteiger partial charge is 0.326 e. The van der Waals surface area contributed by atoms with Crippen molar-refractivity contribution in [1.82, 2.24) is 9.80 Å². The molecule has 26 heavy (non-hydrogen) atoms. The van der Waals surface area contributed by atoms with Crippen LogP contribution in [0.4, 0.5) is 0 Å². The molecule has 3 amide bonds. The molecule has 0 aromatic heterocycles. The van der Waals surface area contributed by atoms with E-state index in [1.54, 1.807) is 29.2 Å². The summed E-state index contributed by atoms with van der Waals surface area (Å²) >= 11 is 0. The molecule has 0 N–H and O–H groups in total. The minimum atomic E-state index is -0.772. The van der Waals surface area contributed by atoms with Crippen LogP contribution in [0.1, 0.15) is 41.0 Å². The predicted molar refractivity (Wildman–Crippen MR) is 92.3 cm³/mol. The number of esters is 1. The monoisotopic (exact) mass is 358 g/mol. The number of likely N-dealkylation sites (tertiary alicyclic amines) is 1. The van der Waals surface area contributed by atoms with Gasteiger partial charge in [-0.3, -0.25) is 24.1 Å². The Kier molecular flexibility index (Phi) is 5.06. The van der Waals surface area contributed by atoms with Gasteiger partial charge >= 0.3 is 5.97 Å². The van der Waals surface area contributed by atoms with Gasteiger partial charge in [0.05, 0.1) is 11.1 Å². The Morgan fingerprint density at radius 3 is 2.12 bits per heavy atom. The fourth-order valence-electron chi connectivity index (χ4n) is 3.66. The minimum absolute atomic E-state index is 0.251. The molecular weight excluding hydrogens is 336 g/mol. The maximum Gasteiger partial charge on any atom is 0.326 e. The third kappa shape index (κ3) is 3.61. The first-order valence-electron chi connectivity index (χ1n) is 8.75. The molecule has 7 nitrogen and oxygen atoms in total. The van der Waals surface area contributed by atoms with E-state index < -0.39 is 24.3 Å². The average molecular weight is 358 g/mol. The van der Waals surface area contributed by atoms with Crippen molar-refractivity contribution >= 4 is 23.7 Å². The van der Waals surface area contributed by atoms with Gasteiger partial charge in [0.2, 0.25) is 0 Å². The lowest BCUT2D eigenvalue weighted by atomic mass is 9.92. The van der Waals surface area contributed by atoms with Crippen LogP contribution < -0.4 is 0 Å². The molecule has 1 saturated heterocycles.